The number of rotatable bonds is 3. The van der Waals surface area contributed by atoms with Crippen LogP contribution in [0.4, 0.5) is 0 Å². The van der Waals surface area contributed by atoms with Crippen molar-refractivity contribution in [3.8, 4) is 0 Å². The molecule has 0 amide bonds. The number of esters is 2. The molecule has 0 unspecified atom stereocenters. The molecule has 3 aliphatic rings. The van der Waals surface area contributed by atoms with Gasteiger partial charge in [0.05, 0.1) is 18.1 Å². The van der Waals surface area contributed by atoms with Crippen molar-refractivity contribution in [1.29, 1.82) is 0 Å². The summed E-state index contributed by atoms with van der Waals surface area (Å²) in [6, 6.07) is 0. The molecule has 3 rings (SSSR count). The van der Waals surface area contributed by atoms with Crippen molar-refractivity contribution in [3.05, 3.63) is 47.6 Å². The maximum Gasteiger partial charge on any atom is 0.334 e. The highest BCUT2D eigenvalue weighted by molar-refractivity contribution is 5.92. The summed E-state index contributed by atoms with van der Waals surface area (Å²) in [4.78, 5) is 24.5. The molecule has 2 bridgehead atoms. The normalized spacial score (nSPS) is 40.4. The van der Waals surface area contributed by atoms with Gasteiger partial charge in [-0.3, -0.25) is 0 Å². The lowest BCUT2D eigenvalue weighted by Gasteiger charge is -2.33. The Morgan fingerprint density at radius 3 is 2.81 bits per heavy atom. The van der Waals surface area contributed by atoms with Gasteiger partial charge >= 0.3 is 11.9 Å². The monoisotopic (exact) mass is 376 g/mol. The molecule has 7 nitrogen and oxygen atoms in total. The van der Waals surface area contributed by atoms with E-state index in [4.69, 9.17) is 14.2 Å². The molecule has 1 saturated heterocycles. The molecule has 2 N–H and O–H groups in total. The smallest absolute Gasteiger partial charge is 0.334 e. The highest BCUT2D eigenvalue weighted by Crippen LogP contribution is 2.44. The van der Waals surface area contributed by atoms with Gasteiger partial charge in [-0.15, -0.1) is 0 Å². The van der Waals surface area contributed by atoms with Gasteiger partial charge in [-0.2, -0.15) is 0 Å². The molecule has 0 aromatic rings. The predicted molar refractivity (Wildman–Crippen MR) is 95.2 cm³/mol. The Hall–Kier alpha value is -2.22. The van der Waals surface area contributed by atoms with E-state index in [0.717, 1.165) is 0 Å². The zero-order valence-electron chi connectivity index (χ0n) is 15.6. The minimum atomic E-state index is -1.82. The maximum atomic E-state index is 12.4. The summed E-state index contributed by atoms with van der Waals surface area (Å²) in [5.74, 6) is -3.58. The van der Waals surface area contributed by atoms with E-state index in [1.54, 1.807) is 32.9 Å². The summed E-state index contributed by atoms with van der Waals surface area (Å²) in [7, 11) is 0. The minimum Gasteiger partial charge on any atom is -0.458 e. The van der Waals surface area contributed by atoms with Crippen LogP contribution >= 0.6 is 0 Å². The molecule has 7 heteroatoms. The fourth-order valence-corrected chi connectivity index (χ4v) is 3.65. The van der Waals surface area contributed by atoms with Crippen LogP contribution in [-0.4, -0.2) is 52.4 Å². The van der Waals surface area contributed by atoms with Crippen molar-refractivity contribution in [2.24, 2.45) is 5.92 Å². The molecule has 0 aromatic heterocycles. The van der Waals surface area contributed by atoms with Crippen LogP contribution in [0.15, 0.2) is 47.6 Å². The first kappa shape index (κ1) is 19.5. The van der Waals surface area contributed by atoms with E-state index in [1.165, 1.54) is 12.2 Å². The number of aliphatic hydroxyl groups is 2. The SMILES string of the molecule is C=C1C(=O)O[C@@H]2/C=C(/CO)[C@]3(O)C=C[C@@](C)(C[C@@H](OC(=O)/C(C)=C\C)[C@@H]12)O3. The number of hydrogen-bond acceptors (Lipinski definition) is 7. The van der Waals surface area contributed by atoms with Gasteiger partial charge in [0.15, 0.2) is 0 Å². The Morgan fingerprint density at radius 2 is 2.19 bits per heavy atom. The van der Waals surface area contributed by atoms with Crippen molar-refractivity contribution < 1.29 is 34.0 Å². The molecule has 3 heterocycles. The summed E-state index contributed by atoms with van der Waals surface area (Å²) < 4.78 is 16.9. The van der Waals surface area contributed by atoms with Crippen molar-refractivity contribution in [2.45, 2.75) is 50.8 Å². The van der Waals surface area contributed by atoms with E-state index in [1.807, 2.05) is 0 Å². The van der Waals surface area contributed by atoms with E-state index in [-0.39, 0.29) is 17.6 Å². The van der Waals surface area contributed by atoms with Crippen molar-refractivity contribution in [1.82, 2.24) is 0 Å². The second kappa shape index (κ2) is 6.74. The van der Waals surface area contributed by atoms with Gasteiger partial charge in [0.1, 0.15) is 12.2 Å². The Balaban J connectivity index is 2.07. The molecular weight excluding hydrogens is 352 g/mol. The number of fused-ring (bicyclic) bond motifs is 3. The van der Waals surface area contributed by atoms with Crippen LogP contribution < -0.4 is 0 Å². The van der Waals surface area contributed by atoms with Crippen LogP contribution in [0.25, 0.3) is 0 Å². The number of carbonyl (C=O) groups excluding carboxylic acids is 2. The Morgan fingerprint density at radius 1 is 1.48 bits per heavy atom. The average Bonchev–Trinajstić information content (AvgIpc) is 3.08. The number of allylic oxidation sites excluding steroid dienone is 1. The summed E-state index contributed by atoms with van der Waals surface area (Å²) in [6.45, 7) is 8.41. The molecule has 1 fully saturated rings. The zero-order chi connectivity index (χ0) is 20.0. The topological polar surface area (TPSA) is 102 Å². The van der Waals surface area contributed by atoms with Crippen molar-refractivity contribution in [2.75, 3.05) is 6.61 Å². The Labute approximate surface area is 157 Å². The quantitative estimate of drug-likeness (QED) is 0.435. The third-order valence-corrected chi connectivity index (χ3v) is 5.33. The van der Waals surface area contributed by atoms with Gasteiger partial charge in [0.2, 0.25) is 5.79 Å². The number of aliphatic hydroxyl groups excluding tert-OH is 1. The lowest BCUT2D eigenvalue weighted by atomic mass is 9.83. The lowest BCUT2D eigenvalue weighted by molar-refractivity contribution is -0.191. The fraction of sp³-hybridized carbons (Fsp3) is 0.500. The number of carbonyl (C=O) groups is 2. The maximum absolute atomic E-state index is 12.4. The second-order valence-corrected chi connectivity index (χ2v) is 7.34. The van der Waals surface area contributed by atoms with Crippen LogP contribution in [0, 0.1) is 5.92 Å². The minimum absolute atomic E-state index is 0.150. The first-order valence-electron chi connectivity index (χ1n) is 8.81. The number of ether oxygens (including phenoxy) is 3. The zero-order valence-corrected chi connectivity index (χ0v) is 15.6. The Kier molecular flexibility index (Phi) is 4.88. The number of hydrogen-bond donors (Lipinski definition) is 2. The van der Waals surface area contributed by atoms with Crippen LogP contribution in [0.3, 0.4) is 0 Å². The van der Waals surface area contributed by atoms with E-state index < -0.39 is 48.1 Å². The van der Waals surface area contributed by atoms with Crippen LogP contribution in [0.5, 0.6) is 0 Å². The Bertz CT molecular complexity index is 777. The van der Waals surface area contributed by atoms with Crippen molar-refractivity contribution in [3.63, 3.8) is 0 Å². The van der Waals surface area contributed by atoms with Gasteiger partial charge in [-0.25, -0.2) is 9.59 Å². The van der Waals surface area contributed by atoms with Gasteiger partial charge < -0.3 is 24.4 Å². The molecule has 0 radical (unpaired) electrons. The van der Waals surface area contributed by atoms with E-state index in [0.29, 0.717) is 5.57 Å². The third kappa shape index (κ3) is 3.38. The van der Waals surface area contributed by atoms with Crippen LogP contribution in [0.2, 0.25) is 0 Å². The first-order valence-corrected chi connectivity index (χ1v) is 8.81. The summed E-state index contributed by atoms with van der Waals surface area (Å²) in [5.41, 5.74) is -0.213. The van der Waals surface area contributed by atoms with E-state index in [9.17, 15) is 19.8 Å². The molecule has 146 valence electrons. The summed E-state index contributed by atoms with van der Waals surface area (Å²) >= 11 is 0. The van der Waals surface area contributed by atoms with Gasteiger partial charge in [-0.1, -0.05) is 18.7 Å². The molecular formula is C20H24O7. The van der Waals surface area contributed by atoms with Gasteiger partial charge in [0.25, 0.3) is 0 Å². The highest BCUT2D eigenvalue weighted by Gasteiger charge is 2.52. The predicted octanol–water partition coefficient (Wildman–Crippen LogP) is 1.32. The average molecular weight is 376 g/mol. The highest BCUT2D eigenvalue weighted by atomic mass is 16.6. The standard InChI is InChI=1S/C20H24O7/c1-5-11(2)17(22)26-15-9-19(4)6-7-20(24,27-19)13(10-21)8-14-16(15)12(3)18(23)25-14/h5-8,14-16,21,24H,3,9-10H2,1-2,4H3/b11-5-,13-8-/t14-,15-,16+,19+,20+/m1/s1. The van der Waals surface area contributed by atoms with Gasteiger partial charge in [-0.05, 0) is 32.9 Å². The van der Waals surface area contributed by atoms with Crippen LogP contribution in [-0.2, 0) is 23.8 Å². The molecule has 5 atom stereocenters. The molecule has 0 aliphatic carbocycles. The second-order valence-electron chi connectivity index (χ2n) is 7.34. The molecule has 27 heavy (non-hydrogen) atoms. The molecule has 0 aromatic carbocycles. The first-order chi connectivity index (χ1) is 12.6. The van der Waals surface area contributed by atoms with Crippen molar-refractivity contribution >= 4 is 11.9 Å². The fourth-order valence-electron chi connectivity index (χ4n) is 3.65. The molecule has 0 spiro atoms. The van der Waals surface area contributed by atoms with Crippen LogP contribution in [0.1, 0.15) is 27.2 Å². The third-order valence-electron chi connectivity index (χ3n) is 5.33. The van der Waals surface area contributed by atoms with E-state index in [2.05, 4.69) is 6.58 Å². The van der Waals surface area contributed by atoms with E-state index >= 15 is 0 Å². The largest absolute Gasteiger partial charge is 0.458 e. The summed E-state index contributed by atoms with van der Waals surface area (Å²) in [6.07, 6.45) is 4.76. The molecule has 3 aliphatic heterocycles. The van der Waals surface area contributed by atoms with Gasteiger partial charge in [0, 0.05) is 23.1 Å². The molecule has 0 saturated carbocycles. The lowest BCUT2D eigenvalue weighted by Crippen LogP contribution is -2.41. The summed E-state index contributed by atoms with van der Waals surface area (Å²) in [5, 5.41) is 20.5.